The van der Waals surface area contributed by atoms with Gasteiger partial charge >= 0.3 is 0 Å². The van der Waals surface area contributed by atoms with Crippen LogP contribution in [0, 0.1) is 19.3 Å². The largest absolute Gasteiger partial charge is 0.311 e. The highest BCUT2D eigenvalue weighted by Gasteiger charge is 2.32. The monoisotopic (exact) mass is 410 g/mol. The number of hydrogen-bond acceptors (Lipinski definition) is 4. The van der Waals surface area contributed by atoms with Crippen molar-refractivity contribution in [2.24, 2.45) is 5.41 Å². The number of rotatable bonds is 10. The summed E-state index contributed by atoms with van der Waals surface area (Å²) in [4.78, 5) is 12.9. The van der Waals surface area contributed by atoms with E-state index in [0.717, 1.165) is 30.1 Å². The molecule has 1 fully saturated rings. The highest BCUT2D eigenvalue weighted by Crippen LogP contribution is 2.38. The van der Waals surface area contributed by atoms with Crippen LogP contribution in [0.3, 0.4) is 0 Å². The van der Waals surface area contributed by atoms with Crippen LogP contribution in [0.1, 0.15) is 93.3 Å². The molecule has 0 bridgehead atoms. The molecule has 1 aliphatic rings. The number of carbonyl (C=O) groups is 1. The normalized spacial score (nSPS) is 15.4. The smallest absolute Gasteiger partial charge is 0.150 e. The number of aryl methyl sites for hydroxylation is 3. The van der Waals surface area contributed by atoms with Gasteiger partial charge in [0.05, 0.1) is 6.04 Å². The lowest BCUT2D eigenvalue weighted by Gasteiger charge is -2.19. The van der Waals surface area contributed by atoms with Gasteiger partial charge in [0.25, 0.3) is 0 Å². The van der Waals surface area contributed by atoms with Crippen LogP contribution >= 0.6 is 0 Å². The third-order valence-electron chi connectivity index (χ3n) is 6.01. The van der Waals surface area contributed by atoms with Crippen LogP contribution in [0.15, 0.2) is 18.2 Å². The van der Waals surface area contributed by atoms with Gasteiger partial charge in [0, 0.05) is 25.3 Å². The van der Waals surface area contributed by atoms with Crippen LogP contribution in [0.25, 0.3) is 0 Å². The minimum Gasteiger partial charge on any atom is -0.311 e. The predicted octanol–water partition coefficient (Wildman–Crippen LogP) is 5.06. The van der Waals surface area contributed by atoms with Crippen molar-refractivity contribution in [3.8, 4) is 0 Å². The van der Waals surface area contributed by atoms with Crippen LogP contribution in [0.4, 0.5) is 0 Å². The van der Waals surface area contributed by atoms with E-state index in [-0.39, 0.29) is 11.8 Å². The first-order valence-corrected chi connectivity index (χ1v) is 11.4. The number of carbonyl (C=O) groups excluding carboxylic acids is 1. The van der Waals surface area contributed by atoms with Gasteiger partial charge in [-0.15, -0.1) is 10.2 Å². The summed E-state index contributed by atoms with van der Waals surface area (Å²) in [5.74, 6) is 2.25. The lowest BCUT2D eigenvalue weighted by molar-refractivity contribution is -0.119. The van der Waals surface area contributed by atoms with Gasteiger partial charge in [0.2, 0.25) is 0 Å². The summed E-state index contributed by atoms with van der Waals surface area (Å²) in [6.07, 6.45) is 6.52. The molecule has 1 aromatic carbocycles. The number of Topliss-reactive ketones (excluding diaryl/α,β-unsaturated/α-hetero) is 1. The second-order valence-corrected chi connectivity index (χ2v) is 10.2. The average molecular weight is 411 g/mol. The van der Waals surface area contributed by atoms with Crippen molar-refractivity contribution in [1.82, 2.24) is 20.1 Å². The van der Waals surface area contributed by atoms with Gasteiger partial charge in [0.1, 0.15) is 11.6 Å². The van der Waals surface area contributed by atoms with E-state index in [4.69, 9.17) is 0 Å². The number of benzene rings is 1. The Morgan fingerprint density at radius 1 is 1.23 bits per heavy atom. The Labute approximate surface area is 181 Å². The van der Waals surface area contributed by atoms with Crippen LogP contribution in [0.5, 0.6) is 0 Å². The fraction of sp³-hybridized carbons (Fsp3) is 0.640. The molecule has 0 unspecified atom stereocenters. The number of ketones is 1. The summed E-state index contributed by atoms with van der Waals surface area (Å²) < 4.78 is 2.33. The molecule has 2 aromatic rings. The maximum absolute atomic E-state index is 12.9. The van der Waals surface area contributed by atoms with Gasteiger partial charge in [-0.25, -0.2) is 0 Å². The third kappa shape index (κ3) is 6.00. The summed E-state index contributed by atoms with van der Waals surface area (Å²) in [7, 11) is 1.92. The molecule has 0 aliphatic heterocycles. The summed E-state index contributed by atoms with van der Waals surface area (Å²) in [5.41, 5.74) is 3.87. The third-order valence-corrected chi connectivity index (χ3v) is 6.01. The Kier molecular flexibility index (Phi) is 7.12. The van der Waals surface area contributed by atoms with Crippen molar-refractivity contribution in [3.63, 3.8) is 0 Å². The SMILES string of the molecule is CN[C@@H](CC(=O)Cc1ccc(C)cc1C)c1nnc(CCCC(C)(C)C)n1C1CC1. The van der Waals surface area contributed by atoms with E-state index in [2.05, 4.69) is 72.9 Å². The Bertz CT molecular complexity index is 874. The van der Waals surface area contributed by atoms with Gasteiger partial charge in [-0.3, -0.25) is 4.79 Å². The molecule has 1 atom stereocenters. The first-order chi connectivity index (χ1) is 14.2. The van der Waals surface area contributed by atoms with Gasteiger partial charge in [-0.05, 0) is 63.1 Å². The molecule has 1 aliphatic carbocycles. The van der Waals surface area contributed by atoms with Crippen molar-refractivity contribution >= 4 is 5.78 Å². The summed E-state index contributed by atoms with van der Waals surface area (Å²) in [6.45, 7) is 11.0. The zero-order chi connectivity index (χ0) is 21.9. The Morgan fingerprint density at radius 3 is 2.57 bits per heavy atom. The maximum Gasteiger partial charge on any atom is 0.150 e. The van der Waals surface area contributed by atoms with E-state index in [1.165, 1.54) is 30.4 Å². The van der Waals surface area contributed by atoms with Crippen molar-refractivity contribution in [1.29, 1.82) is 0 Å². The van der Waals surface area contributed by atoms with E-state index in [9.17, 15) is 4.79 Å². The predicted molar refractivity (Wildman–Crippen MR) is 122 cm³/mol. The van der Waals surface area contributed by atoms with Crippen molar-refractivity contribution in [2.45, 2.75) is 91.6 Å². The number of nitrogens with one attached hydrogen (secondary N) is 1. The Balaban J connectivity index is 1.70. The first kappa shape index (κ1) is 22.7. The van der Waals surface area contributed by atoms with E-state index in [1.54, 1.807) is 0 Å². The molecule has 164 valence electrons. The van der Waals surface area contributed by atoms with Crippen molar-refractivity contribution in [2.75, 3.05) is 7.05 Å². The van der Waals surface area contributed by atoms with Gasteiger partial charge in [-0.1, -0.05) is 44.5 Å². The minimum atomic E-state index is -0.0901. The van der Waals surface area contributed by atoms with Gasteiger partial charge in [-0.2, -0.15) is 0 Å². The molecule has 0 amide bonds. The van der Waals surface area contributed by atoms with Crippen LogP contribution in [-0.4, -0.2) is 27.6 Å². The number of hydrogen-bond donors (Lipinski definition) is 1. The highest BCUT2D eigenvalue weighted by atomic mass is 16.1. The standard InChI is InChI=1S/C25H38N4O/c1-17-9-10-19(18(2)14-17)15-21(30)16-22(26-6)24-28-27-23(29(24)20-11-12-20)8-7-13-25(3,4)5/h9-10,14,20,22,26H,7-8,11-13,15-16H2,1-6H3/t22-/m0/s1. The molecule has 5 heteroatoms. The fourth-order valence-corrected chi connectivity index (χ4v) is 4.13. The minimum absolute atomic E-state index is 0.0901. The maximum atomic E-state index is 12.9. The highest BCUT2D eigenvalue weighted by molar-refractivity contribution is 5.81. The lowest BCUT2D eigenvalue weighted by Crippen LogP contribution is -2.25. The molecule has 0 spiro atoms. The van der Waals surface area contributed by atoms with Crippen molar-refractivity contribution in [3.05, 3.63) is 46.5 Å². The molecule has 0 saturated heterocycles. The zero-order valence-electron chi connectivity index (χ0n) is 19.6. The molecule has 5 nitrogen and oxygen atoms in total. The lowest BCUT2D eigenvalue weighted by atomic mass is 9.90. The van der Waals surface area contributed by atoms with E-state index in [1.807, 2.05) is 7.05 Å². The van der Waals surface area contributed by atoms with E-state index in [0.29, 0.717) is 24.3 Å². The van der Waals surface area contributed by atoms with Crippen LogP contribution in [-0.2, 0) is 17.6 Å². The molecule has 1 heterocycles. The Hall–Kier alpha value is -2.01. The second kappa shape index (κ2) is 9.42. The molecular formula is C25H38N4O. The topological polar surface area (TPSA) is 59.8 Å². The van der Waals surface area contributed by atoms with Crippen LogP contribution in [0.2, 0.25) is 0 Å². The molecule has 1 saturated carbocycles. The molecule has 0 radical (unpaired) electrons. The fourth-order valence-electron chi connectivity index (χ4n) is 4.13. The summed E-state index contributed by atoms with van der Waals surface area (Å²) in [5, 5.41) is 12.4. The number of nitrogens with zero attached hydrogens (tertiary/aromatic N) is 3. The van der Waals surface area contributed by atoms with Gasteiger partial charge in [0.15, 0.2) is 5.82 Å². The summed E-state index contributed by atoms with van der Waals surface area (Å²) in [6, 6.07) is 6.72. The van der Waals surface area contributed by atoms with E-state index >= 15 is 0 Å². The quantitative estimate of drug-likeness (QED) is 0.595. The van der Waals surface area contributed by atoms with Gasteiger partial charge < -0.3 is 9.88 Å². The molecule has 1 aromatic heterocycles. The zero-order valence-corrected chi connectivity index (χ0v) is 19.6. The van der Waals surface area contributed by atoms with Crippen LogP contribution < -0.4 is 5.32 Å². The summed E-state index contributed by atoms with van der Waals surface area (Å²) >= 11 is 0. The first-order valence-electron chi connectivity index (χ1n) is 11.4. The molecule has 3 rings (SSSR count). The Morgan fingerprint density at radius 2 is 1.97 bits per heavy atom. The number of aromatic nitrogens is 3. The molecular weight excluding hydrogens is 372 g/mol. The second-order valence-electron chi connectivity index (χ2n) is 10.2. The van der Waals surface area contributed by atoms with Crippen molar-refractivity contribution < 1.29 is 4.79 Å². The average Bonchev–Trinajstić information content (AvgIpc) is 3.41. The molecule has 30 heavy (non-hydrogen) atoms. The molecule has 1 N–H and O–H groups in total. The van der Waals surface area contributed by atoms with E-state index < -0.39 is 0 Å².